The van der Waals surface area contributed by atoms with E-state index in [0.29, 0.717) is 6.42 Å². The van der Waals surface area contributed by atoms with Crippen LogP contribution in [0.2, 0.25) is 18.1 Å². The summed E-state index contributed by atoms with van der Waals surface area (Å²) >= 11 is 0. The highest BCUT2D eigenvalue weighted by molar-refractivity contribution is 7.40. The molecule has 20 heavy (non-hydrogen) atoms. The van der Waals surface area contributed by atoms with Crippen LogP contribution in [0.4, 0.5) is 0 Å². The monoisotopic (exact) mass is 321 g/mol. The van der Waals surface area contributed by atoms with Gasteiger partial charge < -0.3 is 4.43 Å². The molecule has 0 aromatic rings. The van der Waals surface area contributed by atoms with Crippen LogP contribution in [0.3, 0.4) is 0 Å². The van der Waals surface area contributed by atoms with Gasteiger partial charge in [-0.25, -0.2) is 0 Å². The van der Waals surface area contributed by atoms with Crippen LogP contribution in [0.15, 0.2) is 0 Å². The fourth-order valence-electron chi connectivity index (χ4n) is 1.61. The molecule has 0 aliphatic carbocycles. The fraction of sp³-hybridized carbons (Fsp3) is 0.929. The molecule has 0 amide bonds. The van der Waals surface area contributed by atoms with Gasteiger partial charge in [-0.05, 0) is 42.5 Å². The predicted octanol–water partition coefficient (Wildman–Crippen LogP) is 4.52. The van der Waals surface area contributed by atoms with Crippen molar-refractivity contribution in [2.45, 2.75) is 71.2 Å². The molecular formula is C14H30O4PSi+. The molecule has 0 heterocycles. The maximum absolute atomic E-state index is 11.5. The molecule has 6 heteroatoms. The van der Waals surface area contributed by atoms with Gasteiger partial charge in [-0.15, -0.1) is 4.52 Å². The summed E-state index contributed by atoms with van der Waals surface area (Å²) in [5, 5.41) is 0.202. The molecular weight excluding hydrogens is 291 g/mol. The molecule has 0 spiro atoms. The van der Waals surface area contributed by atoms with Crippen molar-refractivity contribution in [1.82, 2.24) is 0 Å². The molecule has 0 rings (SSSR count). The summed E-state index contributed by atoms with van der Waals surface area (Å²) in [4.78, 5) is 11.5. The Bertz CT molecular complexity index is 337. The standard InChI is InChI=1S/C14H30O4PSi/c1-12(18-20(6,7)14(2,3)4)9-8-10-13(15)11-19(16)17-5/h12H,8-11H2,1-7H3/q+1/t12-/m1/s1. The molecule has 0 aromatic carbocycles. The third-order valence-electron chi connectivity index (χ3n) is 3.88. The highest BCUT2D eigenvalue weighted by Crippen LogP contribution is 2.37. The van der Waals surface area contributed by atoms with Crippen molar-refractivity contribution in [2.24, 2.45) is 0 Å². The van der Waals surface area contributed by atoms with Gasteiger partial charge >= 0.3 is 8.03 Å². The smallest absolute Gasteiger partial charge is 0.414 e. The number of carbonyl (C=O) groups excluding carboxylic acids is 1. The van der Waals surface area contributed by atoms with E-state index in [4.69, 9.17) is 4.43 Å². The summed E-state index contributed by atoms with van der Waals surface area (Å²) in [6.07, 6.45) is 2.29. The third kappa shape index (κ3) is 7.63. The molecule has 1 unspecified atom stereocenters. The molecule has 0 aromatic heterocycles. The lowest BCUT2D eigenvalue weighted by molar-refractivity contribution is -0.116. The molecule has 4 nitrogen and oxygen atoms in total. The summed E-state index contributed by atoms with van der Waals surface area (Å²) < 4.78 is 22.0. The lowest BCUT2D eigenvalue weighted by atomic mass is 10.1. The second-order valence-electron chi connectivity index (χ2n) is 6.79. The fourth-order valence-corrected chi connectivity index (χ4v) is 3.67. The van der Waals surface area contributed by atoms with Crippen LogP contribution in [0, 0.1) is 0 Å². The third-order valence-corrected chi connectivity index (χ3v) is 9.50. The molecule has 118 valence electrons. The van der Waals surface area contributed by atoms with Crippen molar-refractivity contribution in [1.29, 1.82) is 0 Å². The van der Waals surface area contributed by atoms with Crippen LogP contribution >= 0.6 is 8.03 Å². The number of hydrogen-bond acceptors (Lipinski definition) is 4. The van der Waals surface area contributed by atoms with Crippen molar-refractivity contribution in [2.75, 3.05) is 13.3 Å². The minimum Gasteiger partial charge on any atom is -0.414 e. The Labute approximate surface area is 125 Å². The number of rotatable bonds is 9. The largest absolute Gasteiger partial charge is 0.515 e. The zero-order valence-corrected chi connectivity index (χ0v) is 15.9. The molecule has 2 atom stereocenters. The average Bonchev–Trinajstić information content (AvgIpc) is 2.26. The lowest BCUT2D eigenvalue weighted by Crippen LogP contribution is -2.43. The van der Waals surface area contributed by atoms with Gasteiger partial charge in [-0.2, -0.15) is 0 Å². The highest BCUT2D eigenvalue weighted by Gasteiger charge is 2.38. The Hall–Kier alpha value is -0.0931. The molecule has 0 bridgehead atoms. The van der Waals surface area contributed by atoms with Crippen LogP contribution in [-0.2, 0) is 18.3 Å². The van der Waals surface area contributed by atoms with E-state index in [1.807, 2.05) is 0 Å². The minimum absolute atomic E-state index is 0.00693. The molecule has 0 fully saturated rings. The van der Waals surface area contributed by atoms with Gasteiger partial charge in [0.15, 0.2) is 14.1 Å². The number of carbonyl (C=O) groups is 1. The summed E-state index contributed by atoms with van der Waals surface area (Å²) in [6, 6.07) is 0. The quantitative estimate of drug-likeness (QED) is 0.462. The van der Waals surface area contributed by atoms with Crippen molar-refractivity contribution in [3.8, 4) is 0 Å². The maximum atomic E-state index is 11.5. The first-order valence-corrected chi connectivity index (χ1v) is 11.4. The van der Waals surface area contributed by atoms with Gasteiger partial charge in [0.1, 0.15) is 0 Å². The molecule has 0 saturated carbocycles. The SMILES string of the molecule is CO[P+](=O)CC(=O)CCC[C@@H](C)O[Si](C)(C)C(C)(C)C. The minimum atomic E-state index is -1.81. The number of ketones is 1. The summed E-state index contributed by atoms with van der Waals surface area (Å²) in [5.74, 6) is 0.00693. The van der Waals surface area contributed by atoms with Gasteiger partial charge in [0.2, 0.25) is 6.16 Å². The van der Waals surface area contributed by atoms with E-state index in [1.54, 1.807) is 0 Å². The van der Waals surface area contributed by atoms with Gasteiger partial charge in [-0.1, -0.05) is 20.8 Å². The second-order valence-corrected chi connectivity index (χ2v) is 12.9. The van der Waals surface area contributed by atoms with Crippen LogP contribution in [0.1, 0.15) is 47.0 Å². The van der Waals surface area contributed by atoms with E-state index in [2.05, 4.69) is 45.3 Å². The molecule has 0 aliphatic heterocycles. The van der Waals surface area contributed by atoms with E-state index in [-0.39, 0.29) is 23.1 Å². The molecule has 0 radical (unpaired) electrons. The summed E-state index contributed by atoms with van der Waals surface area (Å²) in [6.45, 7) is 13.2. The Morgan fingerprint density at radius 2 is 1.85 bits per heavy atom. The average molecular weight is 321 g/mol. The number of hydrogen-bond donors (Lipinski definition) is 0. The van der Waals surface area contributed by atoms with Crippen LogP contribution in [0.25, 0.3) is 0 Å². The van der Waals surface area contributed by atoms with Crippen LogP contribution in [0.5, 0.6) is 0 Å². The van der Waals surface area contributed by atoms with E-state index >= 15 is 0 Å². The van der Waals surface area contributed by atoms with E-state index in [1.165, 1.54) is 7.11 Å². The highest BCUT2D eigenvalue weighted by atomic mass is 31.1. The van der Waals surface area contributed by atoms with Gasteiger partial charge in [0.25, 0.3) is 0 Å². The van der Waals surface area contributed by atoms with Crippen molar-refractivity contribution < 1.29 is 18.3 Å². The van der Waals surface area contributed by atoms with Crippen LogP contribution < -0.4 is 0 Å². The molecule has 0 aliphatic rings. The molecule has 0 saturated heterocycles. The summed E-state index contributed by atoms with van der Waals surface area (Å²) in [5.41, 5.74) is 0. The topological polar surface area (TPSA) is 52.6 Å². The van der Waals surface area contributed by atoms with E-state index < -0.39 is 16.3 Å². The first-order valence-electron chi connectivity index (χ1n) is 7.18. The first-order chi connectivity index (χ1) is 8.99. The lowest BCUT2D eigenvalue weighted by Gasteiger charge is -2.38. The van der Waals surface area contributed by atoms with Crippen molar-refractivity contribution in [3.63, 3.8) is 0 Å². The Morgan fingerprint density at radius 3 is 2.30 bits per heavy atom. The maximum Gasteiger partial charge on any atom is 0.515 e. The summed E-state index contributed by atoms with van der Waals surface area (Å²) in [7, 11) is -2.18. The van der Waals surface area contributed by atoms with E-state index in [9.17, 15) is 9.36 Å². The number of Topliss-reactive ketones (excluding diaryl/α,β-unsaturated/α-hetero) is 1. The van der Waals surface area contributed by atoms with Crippen molar-refractivity contribution >= 4 is 22.1 Å². The van der Waals surface area contributed by atoms with Gasteiger partial charge in [-0.3, -0.25) is 4.79 Å². The molecule has 0 N–H and O–H groups in total. The zero-order chi connectivity index (χ0) is 16.0. The normalized spacial score (nSPS) is 15.1. The predicted molar refractivity (Wildman–Crippen MR) is 86.1 cm³/mol. The second kappa shape index (κ2) is 8.37. The Kier molecular flexibility index (Phi) is 8.34. The van der Waals surface area contributed by atoms with E-state index in [0.717, 1.165) is 12.8 Å². The Balaban J connectivity index is 4.04. The Morgan fingerprint density at radius 1 is 1.30 bits per heavy atom. The zero-order valence-electron chi connectivity index (χ0n) is 14.0. The first kappa shape index (κ1) is 19.9. The van der Waals surface area contributed by atoms with Crippen LogP contribution in [-0.4, -0.2) is 33.5 Å². The van der Waals surface area contributed by atoms with Gasteiger partial charge in [0.05, 0.1) is 7.11 Å². The van der Waals surface area contributed by atoms with Crippen molar-refractivity contribution in [3.05, 3.63) is 0 Å². The van der Waals surface area contributed by atoms with Gasteiger partial charge in [0, 0.05) is 12.5 Å².